The average Bonchev–Trinajstić information content (AvgIpc) is 2.22. The van der Waals surface area contributed by atoms with Gasteiger partial charge in [0.1, 0.15) is 0 Å². The van der Waals surface area contributed by atoms with E-state index in [4.69, 9.17) is 11.5 Å². The highest BCUT2D eigenvalue weighted by Gasteiger charge is 2.27. The molecule has 0 amide bonds. The highest BCUT2D eigenvalue weighted by atomic mass is 15.0. The van der Waals surface area contributed by atoms with Crippen LogP contribution in [0.25, 0.3) is 0 Å². The Kier molecular flexibility index (Phi) is 3.17. The van der Waals surface area contributed by atoms with Crippen molar-refractivity contribution in [1.29, 1.82) is 0 Å². The SMILES string of the molecule is Cc1ccc(N)cc1C1NCC(N)CC1C. The van der Waals surface area contributed by atoms with Gasteiger partial charge in [-0.3, -0.25) is 0 Å². The molecular formula is C13H21N3. The Labute approximate surface area is 97.2 Å². The second kappa shape index (κ2) is 4.44. The van der Waals surface area contributed by atoms with Gasteiger partial charge in [-0.2, -0.15) is 0 Å². The first-order chi connectivity index (χ1) is 7.58. The zero-order valence-electron chi connectivity index (χ0n) is 10.0. The molecule has 2 rings (SSSR count). The minimum Gasteiger partial charge on any atom is -0.399 e. The molecule has 16 heavy (non-hydrogen) atoms. The highest BCUT2D eigenvalue weighted by molar-refractivity contribution is 5.45. The molecule has 0 saturated carbocycles. The Morgan fingerprint density at radius 1 is 1.38 bits per heavy atom. The molecule has 0 aliphatic carbocycles. The van der Waals surface area contributed by atoms with Crippen molar-refractivity contribution in [2.24, 2.45) is 11.7 Å². The third kappa shape index (κ3) is 2.20. The van der Waals surface area contributed by atoms with E-state index in [9.17, 15) is 0 Å². The monoisotopic (exact) mass is 219 g/mol. The number of nitrogens with two attached hydrogens (primary N) is 2. The van der Waals surface area contributed by atoms with Crippen LogP contribution in [-0.2, 0) is 0 Å². The maximum atomic E-state index is 5.95. The van der Waals surface area contributed by atoms with Gasteiger partial charge in [0, 0.05) is 24.3 Å². The predicted octanol–water partition coefficient (Wildman–Crippen LogP) is 1.58. The summed E-state index contributed by atoms with van der Waals surface area (Å²) < 4.78 is 0. The van der Waals surface area contributed by atoms with Crippen LogP contribution in [0.3, 0.4) is 0 Å². The maximum Gasteiger partial charge on any atom is 0.0350 e. The summed E-state index contributed by atoms with van der Waals surface area (Å²) in [6.45, 7) is 5.28. The molecule has 1 heterocycles. The summed E-state index contributed by atoms with van der Waals surface area (Å²) in [4.78, 5) is 0. The Morgan fingerprint density at radius 2 is 2.12 bits per heavy atom. The van der Waals surface area contributed by atoms with Crippen LogP contribution in [0.4, 0.5) is 5.69 Å². The number of piperidine rings is 1. The Bertz CT molecular complexity index is 375. The molecule has 3 heteroatoms. The molecule has 3 atom stereocenters. The van der Waals surface area contributed by atoms with Gasteiger partial charge in [-0.1, -0.05) is 13.0 Å². The van der Waals surface area contributed by atoms with Crippen LogP contribution < -0.4 is 16.8 Å². The van der Waals surface area contributed by atoms with Crippen molar-refractivity contribution in [2.45, 2.75) is 32.4 Å². The van der Waals surface area contributed by atoms with Gasteiger partial charge in [0.15, 0.2) is 0 Å². The van der Waals surface area contributed by atoms with Crippen molar-refractivity contribution in [3.05, 3.63) is 29.3 Å². The van der Waals surface area contributed by atoms with E-state index in [1.807, 2.05) is 6.07 Å². The minimum absolute atomic E-state index is 0.285. The van der Waals surface area contributed by atoms with E-state index in [1.54, 1.807) is 0 Å². The number of hydrogen-bond acceptors (Lipinski definition) is 3. The lowest BCUT2D eigenvalue weighted by molar-refractivity contribution is 0.278. The standard InChI is InChI=1S/C13H21N3/c1-8-3-4-10(14)6-12(8)13-9(2)5-11(15)7-16-13/h3-4,6,9,11,13,16H,5,7,14-15H2,1-2H3. The third-order valence-electron chi connectivity index (χ3n) is 3.48. The first kappa shape index (κ1) is 11.4. The Balaban J connectivity index is 2.26. The number of nitrogens with one attached hydrogen (secondary N) is 1. The largest absolute Gasteiger partial charge is 0.399 e. The zero-order chi connectivity index (χ0) is 11.7. The molecule has 0 spiro atoms. The fraction of sp³-hybridized carbons (Fsp3) is 0.538. The topological polar surface area (TPSA) is 64.1 Å². The van der Waals surface area contributed by atoms with Crippen molar-refractivity contribution in [3.63, 3.8) is 0 Å². The van der Waals surface area contributed by atoms with E-state index in [2.05, 4.69) is 31.3 Å². The first-order valence-corrected chi connectivity index (χ1v) is 5.93. The molecule has 3 nitrogen and oxygen atoms in total. The fourth-order valence-electron chi connectivity index (χ4n) is 2.59. The first-order valence-electron chi connectivity index (χ1n) is 5.93. The van der Waals surface area contributed by atoms with Crippen LogP contribution >= 0.6 is 0 Å². The second-order valence-electron chi connectivity index (χ2n) is 4.98. The van der Waals surface area contributed by atoms with Crippen LogP contribution in [0.1, 0.15) is 30.5 Å². The summed E-state index contributed by atoms with van der Waals surface area (Å²) in [5.41, 5.74) is 15.3. The normalized spacial score (nSPS) is 30.3. The summed E-state index contributed by atoms with van der Waals surface area (Å²) in [5, 5.41) is 3.52. The van der Waals surface area contributed by atoms with E-state index in [1.165, 1.54) is 11.1 Å². The molecule has 1 aromatic carbocycles. The molecule has 3 unspecified atom stereocenters. The molecule has 0 bridgehead atoms. The van der Waals surface area contributed by atoms with E-state index in [-0.39, 0.29) is 6.04 Å². The molecule has 88 valence electrons. The number of benzene rings is 1. The summed E-state index contributed by atoms with van der Waals surface area (Å²) in [6.07, 6.45) is 1.08. The van der Waals surface area contributed by atoms with Gasteiger partial charge in [-0.25, -0.2) is 0 Å². The van der Waals surface area contributed by atoms with Gasteiger partial charge in [0.05, 0.1) is 0 Å². The van der Waals surface area contributed by atoms with Gasteiger partial charge in [0.2, 0.25) is 0 Å². The molecule has 1 aromatic rings. The van der Waals surface area contributed by atoms with Crippen LogP contribution in [0, 0.1) is 12.8 Å². The van der Waals surface area contributed by atoms with E-state index in [0.29, 0.717) is 12.0 Å². The number of nitrogen functional groups attached to an aromatic ring is 1. The molecule has 5 N–H and O–H groups in total. The van der Waals surface area contributed by atoms with Crippen molar-refractivity contribution < 1.29 is 0 Å². The quantitative estimate of drug-likeness (QED) is 0.628. The summed E-state index contributed by atoms with van der Waals surface area (Å²) in [6, 6.07) is 6.81. The van der Waals surface area contributed by atoms with Gasteiger partial charge in [-0.05, 0) is 42.5 Å². The number of rotatable bonds is 1. The smallest absolute Gasteiger partial charge is 0.0350 e. The number of anilines is 1. The maximum absolute atomic E-state index is 5.95. The van der Waals surface area contributed by atoms with E-state index in [0.717, 1.165) is 18.7 Å². The third-order valence-corrected chi connectivity index (χ3v) is 3.48. The number of aryl methyl sites for hydroxylation is 1. The molecule has 1 aliphatic rings. The Hall–Kier alpha value is -1.06. The molecule has 0 radical (unpaired) electrons. The van der Waals surface area contributed by atoms with Crippen molar-refractivity contribution >= 4 is 5.69 Å². The van der Waals surface area contributed by atoms with E-state index >= 15 is 0 Å². The summed E-state index contributed by atoms with van der Waals surface area (Å²) >= 11 is 0. The molecule has 0 aromatic heterocycles. The lowest BCUT2D eigenvalue weighted by Gasteiger charge is -2.35. The van der Waals surface area contributed by atoms with Crippen LogP contribution in [-0.4, -0.2) is 12.6 Å². The lowest BCUT2D eigenvalue weighted by Crippen LogP contribution is -2.45. The van der Waals surface area contributed by atoms with Gasteiger partial charge < -0.3 is 16.8 Å². The van der Waals surface area contributed by atoms with Crippen molar-refractivity contribution in [3.8, 4) is 0 Å². The average molecular weight is 219 g/mol. The van der Waals surface area contributed by atoms with Gasteiger partial charge >= 0.3 is 0 Å². The Morgan fingerprint density at radius 3 is 2.81 bits per heavy atom. The summed E-state index contributed by atoms with van der Waals surface area (Å²) in [7, 11) is 0. The predicted molar refractivity (Wildman–Crippen MR) is 68.1 cm³/mol. The van der Waals surface area contributed by atoms with Crippen LogP contribution in [0.15, 0.2) is 18.2 Å². The highest BCUT2D eigenvalue weighted by Crippen LogP contribution is 2.31. The lowest BCUT2D eigenvalue weighted by atomic mass is 9.84. The second-order valence-corrected chi connectivity index (χ2v) is 4.98. The molecular weight excluding hydrogens is 198 g/mol. The van der Waals surface area contributed by atoms with Gasteiger partial charge in [0.25, 0.3) is 0 Å². The zero-order valence-corrected chi connectivity index (χ0v) is 10.0. The molecule has 1 aliphatic heterocycles. The molecule has 1 saturated heterocycles. The fourth-order valence-corrected chi connectivity index (χ4v) is 2.59. The van der Waals surface area contributed by atoms with Crippen molar-refractivity contribution in [2.75, 3.05) is 12.3 Å². The van der Waals surface area contributed by atoms with Gasteiger partial charge in [-0.15, -0.1) is 0 Å². The van der Waals surface area contributed by atoms with E-state index < -0.39 is 0 Å². The number of hydrogen-bond donors (Lipinski definition) is 3. The molecule has 1 fully saturated rings. The van der Waals surface area contributed by atoms with Crippen LogP contribution in [0.5, 0.6) is 0 Å². The van der Waals surface area contributed by atoms with Crippen molar-refractivity contribution in [1.82, 2.24) is 5.32 Å². The summed E-state index contributed by atoms with van der Waals surface area (Å²) in [5.74, 6) is 0.559. The van der Waals surface area contributed by atoms with Crippen LogP contribution in [0.2, 0.25) is 0 Å². The minimum atomic E-state index is 0.285.